The fraction of sp³-hybridized carbons (Fsp3) is 0.643. The Bertz CT molecular complexity index is 1950. The molecule has 12 nitrogen and oxygen atoms in total. The predicted octanol–water partition coefficient (Wildman–Crippen LogP) is 9.63. The number of piperazine rings is 1. The zero-order chi connectivity index (χ0) is 50.1. The van der Waals surface area contributed by atoms with Crippen LogP contribution < -0.4 is 19.6 Å². The molecule has 7 rings (SSSR count). The van der Waals surface area contributed by atoms with Gasteiger partial charge in [0.05, 0.1) is 47.5 Å². The lowest BCUT2D eigenvalue weighted by Gasteiger charge is -2.38. The molecule has 0 N–H and O–H groups in total. The predicted molar refractivity (Wildman–Crippen MR) is 293 cm³/mol. The summed E-state index contributed by atoms with van der Waals surface area (Å²) in [5, 5.41) is 0. The largest absolute Gasteiger partial charge is 0.372 e. The first-order valence-electron chi connectivity index (χ1n) is 25.7. The lowest BCUT2D eigenvalue weighted by Crippen LogP contribution is -2.48. The van der Waals surface area contributed by atoms with Crippen molar-refractivity contribution in [2.45, 2.75) is 124 Å². The van der Waals surface area contributed by atoms with Crippen LogP contribution in [-0.2, 0) is 0 Å². The highest BCUT2D eigenvalue weighted by molar-refractivity contribution is 5.50. The van der Waals surface area contributed by atoms with Crippen LogP contribution in [0, 0.1) is 0 Å². The van der Waals surface area contributed by atoms with Gasteiger partial charge in [-0.25, -0.2) is 0 Å². The van der Waals surface area contributed by atoms with E-state index in [2.05, 4.69) is 202 Å². The number of nitrogens with zero attached hydrogens (tertiary/aromatic N) is 12. The molecule has 0 aromatic carbocycles. The molecule has 0 saturated carbocycles. The van der Waals surface area contributed by atoms with Crippen molar-refractivity contribution < 1.29 is 0 Å². The van der Waals surface area contributed by atoms with Gasteiger partial charge in [0.1, 0.15) is 0 Å². The highest BCUT2D eigenvalue weighted by Crippen LogP contribution is 2.27. The molecule has 4 aromatic heterocycles. The van der Waals surface area contributed by atoms with Crippen molar-refractivity contribution in [3.8, 4) is 0 Å². The van der Waals surface area contributed by atoms with E-state index in [-0.39, 0.29) is 0 Å². The Balaban J connectivity index is 0.000000198. The van der Waals surface area contributed by atoms with Gasteiger partial charge in [0.15, 0.2) is 0 Å². The van der Waals surface area contributed by atoms with Crippen LogP contribution in [0.5, 0.6) is 0 Å². The van der Waals surface area contributed by atoms with Gasteiger partial charge < -0.3 is 34.3 Å². The van der Waals surface area contributed by atoms with Crippen molar-refractivity contribution in [1.29, 1.82) is 0 Å². The third-order valence-corrected chi connectivity index (χ3v) is 13.9. The Morgan fingerprint density at radius 2 is 0.809 bits per heavy atom. The second kappa shape index (κ2) is 27.7. The van der Waals surface area contributed by atoms with Crippen LogP contribution in [0.4, 0.5) is 22.7 Å². The number of aromatic nitrogens is 4. The molecule has 2 atom stereocenters. The van der Waals surface area contributed by atoms with Crippen LogP contribution in [0.1, 0.15) is 128 Å². The van der Waals surface area contributed by atoms with Gasteiger partial charge in [-0.2, -0.15) is 0 Å². The monoisotopic (exact) mass is 935 g/mol. The van der Waals surface area contributed by atoms with Gasteiger partial charge in [-0.1, -0.05) is 55.4 Å². The average molecular weight is 935 g/mol. The summed E-state index contributed by atoms with van der Waals surface area (Å²) >= 11 is 0. The van der Waals surface area contributed by atoms with Crippen molar-refractivity contribution in [2.24, 2.45) is 0 Å². The molecule has 0 bridgehead atoms. The minimum Gasteiger partial charge on any atom is -0.372 e. The molecule has 3 aliphatic rings. The number of pyridine rings is 4. The van der Waals surface area contributed by atoms with Crippen LogP contribution in [0.3, 0.4) is 0 Å². The maximum absolute atomic E-state index is 4.38. The molecule has 0 radical (unpaired) electrons. The smallest absolute Gasteiger partial charge is 0.0556 e. The van der Waals surface area contributed by atoms with E-state index < -0.39 is 0 Å². The van der Waals surface area contributed by atoms with Gasteiger partial charge in [0, 0.05) is 115 Å². The number of likely N-dealkylation sites (N-methyl/N-ethyl adjacent to an activating group) is 4. The Morgan fingerprint density at radius 1 is 0.441 bits per heavy atom. The fourth-order valence-electron chi connectivity index (χ4n) is 8.54. The number of hydrogen-bond donors (Lipinski definition) is 0. The first kappa shape index (κ1) is 56.2. The molecule has 378 valence electrons. The highest BCUT2D eigenvalue weighted by Gasteiger charge is 2.26. The van der Waals surface area contributed by atoms with E-state index in [4.69, 9.17) is 0 Å². The molecule has 3 aliphatic heterocycles. The second-order valence-corrected chi connectivity index (χ2v) is 21.6. The van der Waals surface area contributed by atoms with Gasteiger partial charge in [-0.3, -0.25) is 24.8 Å². The molecule has 68 heavy (non-hydrogen) atoms. The molecular weight excluding hydrogens is 841 g/mol. The van der Waals surface area contributed by atoms with E-state index in [0.29, 0.717) is 41.8 Å². The fourth-order valence-corrected chi connectivity index (χ4v) is 8.54. The highest BCUT2D eigenvalue weighted by atomic mass is 15.3. The Hall–Kier alpha value is -4.36. The third kappa shape index (κ3) is 17.9. The first-order chi connectivity index (χ1) is 32.2. The van der Waals surface area contributed by atoms with Crippen LogP contribution in [0.2, 0.25) is 0 Å². The molecule has 0 spiro atoms. The topological polar surface area (TPSA) is 77.5 Å². The summed E-state index contributed by atoms with van der Waals surface area (Å²) in [5.74, 6) is 2.19. The summed E-state index contributed by atoms with van der Waals surface area (Å²) in [6, 6.07) is 11.1. The normalized spacial score (nSPS) is 17.6. The van der Waals surface area contributed by atoms with E-state index >= 15 is 0 Å². The van der Waals surface area contributed by atoms with Crippen molar-refractivity contribution in [2.75, 3.05) is 134 Å². The zero-order valence-electron chi connectivity index (χ0n) is 45.8. The zero-order valence-corrected chi connectivity index (χ0v) is 45.8. The molecule has 0 aliphatic carbocycles. The lowest BCUT2D eigenvalue weighted by atomic mass is 10.1. The molecule has 0 unspecified atom stereocenters. The number of anilines is 4. The summed E-state index contributed by atoms with van der Waals surface area (Å²) in [7, 11) is 15.0. The molecule has 7 heterocycles. The molecule has 12 heteroatoms. The maximum atomic E-state index is 4.38. The van der Waals surface area contributed by atoms with E-state index in [1.54, 1.807) is 0 Å². The molecule has 3 saturated heterocycles. The SMILES string of the molecule is CC(C)c1cncc(N(C)CCN(C)C)c1.CC(C)c1cncc(N2CCN(C(C)C)CC2)c1.CC(C)c1cncc(N2CC[C@@H](N(C)C)C2)c1.CC(C)c1cncc(N2CC[C@H](N(C)C)C2)c1. The lowest BCUT2D eigenvalue weighted by molar-refractivity contribution is 0.209. The third-order valence-electron chi connectivity index (χ3n) is 13.9. The van der Waals surface area contributed by atoms with E-state index in [1.807, 2.05) is 49.6 Å². The van der Waals surface area contributed by atoms with Crippen molar-refractivity contribution in [1.82, 2.24) is 39.5 Å². The summed E-state index contributed by atoms with van der Waals surface area (Å²) in [5.41, 5.74) is 10.3. The standard InChI is InChI=1S/C15H25N3.2C14H23N3.C13H23N3/c1-12(2)14-9-15(11-16-10-14)18-7-5-17(6-8-18)13(3)4;2*1-11(2)12-7-14(9-15-8-12)17-6-5-13(10-17)16(3)4;1-11(2)12-8-13(10-14-9-12)16(5)7-6-15(3)4/h9-13H,5-8H2,1-4H3;2*7-9,11,13H,5-6,10H2,1-4H3;8-11H,6-7H2,1-5H3/t;2*13-;/m.10./s1. The quantitative estimate of drug-likeness (QED) is 0.121. The van der Waals surface area contributed by atoms with Crippen LogP contribution in [0.25, 0.3) is 0 Å². The summed E-state index contributed by atoms with van der Waals surface area (Å²) in [6.45, 7) is 33.4. The molecule has 0 amide bonds. The molecule has 3 fully saturated rings. The Kier molecular flexibility index (Phi) is 22.9. The molecule has 4 aromatic rings. The summed E-state index contributed by atoms with van der Waals surface area (Å²) in [6.07, 6.45) is 18.3. The van der Waals surface area contributed by atoms with Gasteiger partial charge in [-0.05, 0) is 139 Å². The van der Waals surface area contributed by atoms with Gasteiger partial charge in [0.2, 0.25) is 0 Å². The summed E-state index contributed by atoms with van der Waals surface area (Å²) < 4.78 is 0. The Morgan fingerprint density at radius 3 is 1.15 bits per heavy atom. The Labute approximate surface area is 415 Å². The first-order valence-corrected chi connectivity index (χ1v) is 25.7. The van der Waals surface area contributed by atoms with E-state index in [0.717, 1.165) is 65.4 Å². The van der Waals surface area contributed by atoms with Crippen LogP contribution in [0.15, 0.2) is 73.8 Å². The number of hydrogen-bond acceptors (Lipinski definition) is 12. The minimum atomic E-state index is 0.537. The van der Waals surface area contributed by atoms with Gasteiger partial charge in [-0.15, -0.1) is 0 Å². The average Bonchev–Trinajstić information content (AvgIpc) is 4.04. The number of rotatable bonds is 14. The second-order valence-electron chi connectivity index (χ2n) is 21.6. The van der Waals surface area contributed by atoms with Crippen molar-refractivity contribution in [3.63, 3.8) is 0 Å². The van der Waals surface area contributed by atoms with Crippen molar-refractivity contribution in [3.05, 3.63) is 96.1 Å². The molecular formula is C56H94N12. The van der Waals surface area contributed by atoms with Gasteiger partial charge >= 0.3 is 0 Å². The van der Waals surface area contributed by atoms with Crippen molar-refractivity contribution >= 4 is 22.7 Å². The maximum Gasteiger partial charge on any atom is 0.0556 e. The van der Waals surface area contributed by atoms with E-state index in [1.165, 1.54) is 57.8 Å². The van der Waals surface area contributed by atoms with E-state index in [9.17, 15) is 0 Å². The van der Waals surface area contributed by atoms with Gasteiger partial charge in [0.25, 0.3) is 0 Å². The summed E-state index contributed by atoms with van der Waals surface area (Å²) in [4.78, 5) is 36.4. The van der Waals surface area contributed by atoms with Crippen LogP contribution >= 0.6 is 0 Å². The minimum absolute atomic E-state index is 0.537. The van der Waals surface area contributed by atoms with Crippen LogP contribution in [-0.4, -0.2) is 172 Å².